The average Bonchev–Trinajstić information content (AvgIpc) is 3.47. The van der Waals surface area contributed by atoms with E-state index in [4.69, 9.17) is 0 Å². The molecule has 2 aliphatic heterocycles. The van der Waals surface area contributed by atoms with Crippen LogP contribution in [0.2, 0.25) is 0 Å². The summed E-state index contributed by atoms with van der Waals surface area (Å²) in [5.41, 5.74) is 3.01. The highest BCUT2D eigenvalue weighted by atomic mass is 16.2. The molecule has 2 aromatic heterocycles. The highest BCUT2D eigenvalue weighted by Gasteiger charge is 2.30. The molecule has 4 heterocycles. The summed E-state index contributed by atoms with van der Waals surface area (Å²) in [7, 11) is 0. The van der Waals surface area contributed by atoms with Gasteiger partial charge in [-0.3, -0.25) is 14.4 Å². The standard InChI is InChI=1S/C21H24N6O/c28-21(25-8-6-18(15-25)26-9-7-22-16-26)20-12-19-14-24(10-11-27(19)23-20)13-17-4-2-1-3-5-17/h1-5,7,9,12,16,18H,6,8,10-11,13-15H2/t18-/m1/s1. The summed E-state index contributed by atoms with van der Waals surface area (Å²) in [5, 5.41) is 4.60. The van der Waals surface area contributed by atoms with Crippen LogP contribution in [0.1, 0.15) is 34.2 Å². The van der Waals surface area contributed by atoms with Crippen LogP contribution in [0.3, 0.4) is 0 Å². The molecular weight excluding hydrogens is 352 g/mol. The van der Waals surface area contributed by atoms with E-state index in [0.29, 0.717) is 11.7 Å². The van der Waals surface area contributed by atoms with Gasteiger partial charge < -0.3 is 9.47 Å². The lowest BCUT2D eigenvalue weighted by Crippen LogP contribution is -2.33. The maximum Gasteiger partial charge on any atom is 0.274 e. The lowest BCUT2D eigenvalue weighted by Gasteiger charge is -2.27. The van der Waals surface area contributed by atoms with Crippen LogP contribution in [0.5, 0.6) is 0 Å². The first kappa shape index (κ1) is 17.2. The quantitative estimate of drug-likeness (QED) is 0.700. The number of benzene rings is 1. The maximum absolute atomic E-state index is 13.0. The molecular formula is C21H24N6O. The number of hydrogen-bond donors (Lipinski definition) is 0. The van der Waals surface area contributed by atoms with Gasteiger partial charge in [0.2, 0.25) is 0 Å². The van der Waals surface area contributed by atoms with Gasteiger partial charge in [-0.1, -0.05) is 30.3 Å². The molecule has 7 nitrogen and oxygen atoms in total. The Labute approximate surface area is 164 Å². The van der Waals surface area contributed by atoms with Gasteiger partial charge in [-0.25, -0.2) is 4.98 Å². The van der Waals surface area contributed by atoms with Crippen LogP contribution >= 0.6 is 0 Å². The number of likely N-dealkylation sites (tertiary alicyclic amines) is 1. The fraction of sp³-hybridized carbons (Fsp3) is 0.381. The van der Waals surface area contributed by atoms with Gasteiger partial charge in [0.15, 0.2) is 5.69 Å². The van der Waals surface area contributed by atoms with E-state index in [2.05, 4.69) is 43.8 Å². The Morgan fingerprint density at radius 1 is 1.14 bits per heavy atom. The number of hydrogen-bond acceptors (Lipinski definition) is 4. The zero-order valence-corrected chi connectivity index (χ0v) is 15.8. The number of nitrogens with zero attached hydrogens (tertiary/aromatic N) is 6. The van der Waals surface area contributed by atoms with E-state index in [1.807, 2.05) is 34.2 Å². The van der Waals surface area contributed by atoms with Gasteiger partial charge in [-0.15, -0.1) is 0 Å². The highest BCUT2D eigenvalue weighted by Crippen LogP contribution is 2.24. The Hall–Kier alpha value is -2.93. The normalized spacial score (nSPS) is 19.7. The second-order valence-corrected chi connectivity index (χ2v) is 7.64. The van der Waals surface area contributed by atoms with E-state index >= 15 is 0 Å². The molecule has 5 rings (SSSR count). The van der Waals surface area contributed by atoms with Crippen molar-refractivity contribution >= 4 is 5.91 Å². The highest BCUT2D eigenvalue weighted by molar-refractivity contribution is 5.92. The molecule has 0 bridgehead atoms. The van der Waals surface area contributed by atoms with E-state index in [-0.39, 0.29) is 5.91 Å². The van der Waals surface area contributed by atoms with Gasteiger partial charge in [0.05, 0.1) is 24.6 Å². The number of imidazole rings is 1. The van der Waals surface area contributed by atoms with Gasteiger partial charge >= 0.3 is 0 Å². The Morgan fingerprint density at radius 3 is 2.86 bits per heavy atom. The van der Waals surface area contributed by atoms with Gasteiger partial charge in [0, 0.05) is 45.1 Å². The molecule has 1 saturated heterocycles. The summed E-state index contributed by atoms with van der Waals surface area (Å²) in [6, 6.07) is 12.8. The first-order valence-electron chi connectivity index (χ1n) is 9.86. The first-order chi connectivity index (χ1) is 13.8. The number of fused-ring (bicyclic) bond motifs is 1. The van der Waals surface area contributed by atoms with Crippen LogP contribution in [0.4, 0.5) is 0 Å². The fourth-order valence-corrected chi connectivity index (χ4v) is 4.22. The topological polar surface area (TPSA) is 59.2 Å². The smallest absolute Gasteiger partial charge is 0.274 e. The molecule has 2 aliphatic rings. The van der Waals surface area contributed by atoms with Crippen molar-refractivity contribution in [1.82, 2.24) is 29.1 Å². The van der Waals surface area contributed by atoms with Crippen LogP contribution < -0.4 is 0 Å². The Bertz CT molecular complexity index is 949. The van der Waals surface area contributed by atoms with Crippen molar-refractivity contribution in [3.8, 4) is 0 Å². The summed E-state index contributed by atoms with van der Waals surface area (Å²) in [6.45, 7) is 5.01. The Kier molecular flexibility index (Phi) is 4.44. The van der Waals surface area contributed by atoms with E-state index < -0.39 is 0 Å². The van der Waals surface area contributed by atoms with Crippen LogP contribution in [0.15, 0.2) is 55.1 Å². The predicted molar refractivity (Wildman–Crippen MR) is 105 cm³/mol. The van der Waals surface area contributed by atoms with Crippen molar-refractivity contribution in [3.05, 3.63) is 72.1 Å². The number of amides is 1. The summed E-state index contributed by atoms with van der Waals surface area (Å²) < 4.78 is 4.09. The van der Waals surface area contributed by atoms with Crippen molar-refractivity contribution in [2.24, 2.45) is 0 Å². The third-order valence-electron chi connectivity index (χ3n) is 5.74. The molecule has 1 atom stereocenters. The summed E-state index contributed by atoms with van der Waals surface area (Å²) >= 11 is 0. The molecule has 1 fully saturated rings. The lowest BCUT2D eigenvalue weighted by atomic mass is 10.2. The predicted octanol–water partition coefficient (Wildman–Crippen LogP) is 2.18. The van der Waals surface area contributed by atoms with Crippen LogP contribution in [-0.4, -0.2) is 54.7 Å². The average molecular weight is 376 g/mol. The summed E-state index contributed by atoms with van der Waals surface area (Å²) in [6.07, 6.45) is 6.54. The minimum absolute atomic E-state index is 0.0409. The van der Waals surface area contributed by atoms with Crippen molar-refractivity contribution in [2.75, 3.05) is 19.6 Å². The Morgan fingerprint density at radius 2 is 2.04 bits per heavy atom. The zero-order valence-electron chi connectivity index (χ0n) is 15.8. The maximum atomic E-state index is 13.0. The largest absolute Gasteiger partial charge is 0.335 e. The molecule has 0 unspecified atom stereocenters. The molecule has 0 aliphatic carbocycles. The number of carbonyl (C=O) groups is 1. The first-order valence-corrected chi connectivity index (χ1v) is 9.86. The van der Waals surface area contributed by atoms with Crippen molar-refractivity contribution in [3.63, 3.8) is 0 Å². The fourth-order valence-electron chi connectivity index (χ4n) is 4.22. The molecule has 0 spiro atoms. The van der Waals surface area contributed by atoms with Gasteiger partial charge in [-0.2, -0.15) is 5.10 Å². The molecule has 28 heavy (non-hydrogen) atoms. The molecule has 0 saturated carbocycles. The molecule has 3 aromatic rings. The van der Waals surface area contributed by atoms with Crippen LogP contribution in [0, 0.1) is 0 Å². The molecule has 144 valence electrons. The zero-order chi connectivity index (χ0) is 18.9. The van der Waals surface area contributed by atoms with Crippen molar-refractivity contribution in [1.29, 1.82) is 0 Å². The van der Waals surface area contributed by atoms with E-state index in [9.17, 15) is 4.79 Å². The van der Waals surface area contributed by atoms with E-state index in [1.54, 1.807) is 6.20 Å². The summed E-state index contributed by atoms with van der Waals surface area (Å²) in [4.78, 5) is 21.4. The van der Waals surface area contributed by atoms with Crippen LogP contribution in [-0.2, 0) is 19.6 Å². The minimum atomic E-state index is 0.0409. The SMILES string of the molecule is O=C(c1cc2n(n1)CCN(Cc1ccccc1)C2)N1CC[C@@H](n2ccnc2)C1. The van der Waals surface area contributed by atoms with Gasteiger partial charge in [0.25, 0.3) is 5.91 Å². The lowest BCUT2D eigenvalue weighted by molar-refractivity contribution is 0.0780. The van der Waals surface area contributed by atoms with Crippen molar-refractivity contribution in [2.45, 2.75) is 32.1 Å². The van der Waals surface area contributed by atoms with Crippen molar-refractivity contribution < 1.29 is 4.79 Å². The molecule has 1 aromatic carbocycles. The van der Waals surface area contributed by atoms with Gasteiger partial charge in [0.1, 0.15) is 0 Å². The molecule has 0 radical (unpaired) electrons. The number of aromatic nitrogens is 4. The van der Waals surface area contributed by atoms with Gasteiger partial charge in [-0.05, 0) is 18.1 Å². The molecule has 1 amide bonds. The monoisotopic (exact) mass is 376 g/mol. The van der Waals surface area contributed by atoms with Crippen LogP contribution in [0.25, 0.3) is 0 Å². The minimum Gasteiger partial charge on any atom is -0.335 e. The number of carbonyl (C=O) groups excluding carboxylic acids is 1. The van der Waals surface area contributed by atoms with E-state index in [1.165, 1.54) is 5.56 Å². The Balaban J connectivity index is 1.25. The molecule has 0 N–H and O–H groups in total. The third-order valence-corrected chi connectivity index (χ3v) is 5.74. The number of rotatable bonds is 4. The summed E-state index contributed by atoms with van der Waals surface area (Å²) in [5.74, 6) is 0.0409. The second-order valence-electron chi connectivity index (χ2n) is 7.64. The third kappa shape index (κ3) is 3.33. The molecule has 7 heteroatoms. The second kappa shape index (κ2) is 7.24. The van der Waals surface area contributed by atoms with E-state index in [0.717, 1.165) is 51.4 Å².